The molecule has 0 spiro atoms. The summed E-state index contributed by atoms with van der Waals surface area (Å²) in [4.78, 5) is 29.3. The van der Waals surface area contributed by atoms with Crippen LogP contribution in [-0.2, 0) is 24.2 Å². The van der Waals surface area contributed by atoms with E-state index >= 15 is 0 Å². The van der Waals surface area contributed by atoms with E-state index in [1.54, 1.807) is 17.4 Å². The molecule has 0 bridgehead atoms. The van der Waals surface area contributed by atoms with E-state index in [1.807, 2.05) is 22.9 Å². The van der Waals surface area contributed by atoms with Gasteiger partial charge in [-0.15, -0.1) is 22.7 Å². The number of carbonyl (C=O) groups is 2. The summed E-state index contributed by atoms with van der Waals surface area (Å²) >= 11 is 2.99. The lowest BCUT2D eigenvalue weighted by molar-refractivity contribution is -0.120. The molecule has 3 aromatic heterocycles. The van der Waals surface area contributed by atoms with E-state index in [0.717, 1.165) is 10.4 Å². The number of hydrogen-bond acceptors (Lipinski definition) is 7. The zero-order valence-electron chi connectivity index (χ0n) is 12.9. The number of hydrogen-bond donors (Lipinski definition) is 1. The van der Waals surface area contributed by atoms with Crippen LogP contribution in [0.3, 0.4) is 0 Å². The van der Waals surface area contributed by atoms with Crippen molar-refractivity contribution >= 4 is 34.4 Å². The van der Waals surface area contributed by atoms with Crippen LogP contribution in [0.25, 0.3) is 0 Å². The van der Waals surface area contributed by atoms with Gasteiger partial charge in [0.05, 0.1) is 17.8 Å². The van der Waals surface area contributed by atoms with Gasteiger partial charge in [-0.2, -0.15) is 4.98 Å². The fourth-order valence-corrected chi connectivity index (χ4v) is 3.59. The predicted octanol–water partition coefficient (Wildman–Crippen LogP) is 2.84. The molecule has 1 N–H and O–H groups in total. The second-order valence-electron chi connectivity index (χ2n) is 5.19. The zero-order valence-corrected chi connectivity index (χ0v) is 14.6. The molecule has 0 unspecified atom stereocenters. The van der Waals surface area contributed by atoms with Crippen molar-refractivity contribution < 1.29 is 14.1 Å². The summed E-state index contributed by atoms with van der Waals surface area (Å²) in [5, 5.41) is 10.5. The minimum absolute atomic E-state index is 0.00999. The minimum Gasteiger partial charge on any atom is -0.347 e. The molecule has 0 aliphatic carbocycles. The van der Waals surface area contributed by atoms with Gasteiger partial charge in [-0.05, 0) is 35.4 Å². The standard InChI is InChI=1S/C16H15N3O3S2/c1-10(20)13-5-11(9-24-13)6-15(21)17-8-16-18-14(19-22-16)7-12-3-2-4-23-12/h2-5,9H,6-8H2,1H3,(H,17,21). The first kappa shape index (κ1) is 16.5. The van der Waals surface area contributed by atoms with Crippen LogP contribution in [0.5, 0.6) is 0 Å². The second kappa shape index (κ2) is 7.50. The number of ketones is 1. The number of Topliss-reactive ketones (excluding diaryl/α,β-unsaturated/α-hetero) is 1. The van der Waals surface area contributed by atoms with Gasteiger partial charge in [0.25, 0.3) is 0 Å². The van der Waals surface area contributed by atoms with Crippen molar-refractivity contribution in [1.82, 2.24) is 15.5 Å². The third-order valence-electron chi connectivity index (χ3n) is 3.22. The third-order valence-corrected chi connectivity index (χ3v) is 5.18. The Balaban J connectivity index is 1.49. The average molecular weight is 361 g/mol. The lowest BCUT2D eigenvalue weighted by atomic mass is 10.2. The Morgan fingerprint density at radius 3 is 2.92 bits per heavy atom. The predicted molar refractivity (Wildman–Crippen MR) is 91.3 cm³/mol. The molecular formula is C16H15N3O3S2. The Morgan fingerprint density at radius 2 is 2.21 bits per heavy atom. The maximum absolute atomic E-state index is 11.9. The molecule has 0 aliphatic heterocycles. The molecule has 0 saturated carbocycles. The van der Waals surface area contributed by atoms with Gasteiger partial charge in [-0.25, -0.2) is 0 Å². The molecule has 0 fully saturated rings. The number of aromatic nitrogens is 2. The van der Waals surface area contributed by atoms with Gasteiger partial charge in [0, 0.05) is 11.3 Å². The highest BCUT2D eigenvalue weighted by molar-refractivity contribution is 7.12. The van der Waals surface area contributed by atoms with Crippen molar-refractivity contribution in [1.29, 1.82) is 0 Å². The molecule has 1 amide bonds. The molecule has 3 aromatic rings. The SMILES string of the molecule is CC(=O)c1cc(CC(=O)NCc2nc(Cc3cccs3)no2)cs1. The molecule has 0 aromatic carbocycles. The van der Waals surface area contributed by atoms with E-state index in [-0.39, 0.29) is 24.7 Å². The number of rotatable bonds is 7. The Labute approximate surface area is 146 Å². The van der Waals surface area contributed by atoms with Gasteiger partial charge < -0.3 is 9.84 Å². The van der Waals surface area contributed by atoms with Gasteiger partial charge in [0.1, 0.15) is 0 Å². The summed E-state index contributed by atoms with van der Waals surface area (Å²) in [6, 6.07) is 5.74. The number of nitrogens with zero attached hydrogens (tertiary/aromatic N) is 2. The summed E-state index contributed by atoms with van der Waals surface area (Å²) in [6.45, 7) is 1.71. The van der Waals surface area contributed by atoms with Gasteiger partial charge in [-0.1, -0.05) is 11.2 Å². The van der Waals surface area contributed by atoms with Crippen LogP contribution in [0.1, 0.15) is 38.8 Å². The van der Waals surface area contributed by atoms with Gasteiger partial charge >= 0.3 is 0 Å². The van der Waals surface area contributed by atoms with Gasteiger partial charge in [-0.3, -0.25) is 9.59 Å². The maximum Gasteiger partial charge on any atom is 0.246 e. The molecule has 3 heterocycles. The van der Waals surface area contributed by atoms with E-state index in [1.165, 1.54) is 18.3 Å². The minimum atomic E-state index is -0.152. The van der Waals surface area contributed by atoms with Crippen LogP contribution < -0.4 is 5.32 Å². The first-order valence-electron chi connectivity index (χ1n) is 7.29. The molecule has 0 atom stereocenters. The van der Waals surface area contributed by atoms with Crippen molar-refractivity contribution in [2.24, 2.45) is 0 Å². The zero-order chi connectivity index (χ0) is 16.9. The van der Waals surface area contributed by atoms with Crippen molar-refractivity contribution in [3.05, 3.63) is 56.0 Å². The molecule has 6 nitrogen and oxygen atoms in total. The van der Waals surface area contributed by atoms with Crippen LogP contribution in [0.15, 0.2) is 33.5 Å². The normalized spacial score (nSPS) is 10.7. The van der Waals surface area contributed by atoms with Crippen LogP contribution in [-0.4, -0.2) is 21.8 Å². The van der Waals surface area contributed by atoms with Crippen LogP contribution in [0.4, 0.5) is 0 Å². The Hall–Kier alpha value is -2.32. The smallest absolute Gasteiger partial charge is 0.246 e. The Kier molecular flexibility index (Phi) is 5.17. The van der Waals surface area contributed by atoms with E-state index in [0.29, 0.717) is 23.0 Å². The number of amides is 1. The molecule has 0 radical (unpaired) electrons. The highest BCUT2D eigenvalue weighted by Crippen LogP contribution is 2.16. The van der Waals surface area contributed by atoms with Crippen LogP contribution >= 0.6 is 22.7 Å². The first-order valence-corrected chi connectivity index (χ1v) is 9.05. The van der Waals surface area contributed by atoms with E-state index in [9.17, 15) is 9.59 Å². The second-order valence-corrected chi connectivity index (χ2v) is 7.13. The molecule has 3 rings (SSSR count). The fraction of sp³-hybridized carbons (Fsp3) is 0.250. The largest absolute Gasteiger partial charge is 0.347 e. The number of nitrogens with one attached hydrogen (secondary N) is 1. The lowest BCUT2D eigenvalue weighted by Crippen LogP contribution is -2.24. The number of carbonyl (C=O) groups excluding carboxylic acids is 2. The van der Waals surface area contributed by atoms with Gasteiger partial charge in [0.2, 0.25) is 11.8 Å². The highest BCUT2D eigenvalue weighted by Gasteiger charge is 2.11. The summed E-state index contributed by atoms with van der Waals surface area (Å²) in [7, 11) is 0. The molecule has 24 heavy (non-hydrogen) atoms. The van der Waals surface area contributed by atoms with Crippen molar-refractivity contribution in [3.8, 4) is 0 Å². The lowest BCUT2D eigenvalue weighted by Gasteiger charge is -2.00. The van der Waals surface area contributed by atoms with Crippen molar-refractivity contribution in [2.45, 2.75) is 26.3 Å². The Bertz CT molecular complexity index is 837. The monoisotopic (exact) mass is 361 g/mol. The van der Waals surface area contributed by atoms with Crippen molar-refractivity contribution in [2.75, 3.05) is 0 Å². The summed E-state index contributed by atoms with van der Waals surface area (Å²) in [6.07, 6.45) is 0.845. The van der Waals surface area contributed by atoms with Crippen LogP contribution in [0, 0.1) is 0 Å². The fourth-order valence-electron chi connectivity index (χ4n) is 2.08. The molecule has 8 heteroatoms. The van der Waals surface area contributed by atoms with E-state index < -0.39 is 0 Å². The number of thiophene rings is 2. The summed E-state index contributed by atoms with van der Waals surface area (Å²) in [5.41, 5.74) is 0.826. The highest BCUT2D eigenvalue weighted by atomic mass is 32.1. The van der Waals surface area contributed by atoms with E-state index in [2.05, 4.69) is 15.5 Å². The molecule has 0 aliphatic rings. The molecule has 0 saturated heterocycles. The average Bonchev–Trinajstić information content (AvgIpc) is 3.27. The van der Waals surface area contributed by atoms with Crippen LogP contribution in [0.2, 0.25) is 0 Å². The molecule has 124 valence electrons. The van der Waals surface area contributed by atoms with E-state index in [4.69, 9.17) is 4.52 Å². The molecular weight excluding hydrogens is 346 g/mol. The maximum atomic E-state index is 11.9. The van der Waals surface area contributed by atoms with Crippen molar-refractivity contribution in [3.63, 3.8) is 0 Å². The Morgan fingerprint density at radius 1 is 1.33 bits per heavy atom. The third kappa shape index (κ3) is 4.36. The quantitative estimate of drug-likeness (QED) is 0.654. The van der Waals surface area contributed by atoms with Gasteiger partial charge in [0.15, 0.2) is 11.6 Å². The first-order chi connectivity index (χ1) is 11.6. The summed E-state index contributed by atoms with van der Waals surface area (Å²) < 4.78 is 5.14. The summed E-state index contributed by atoms with van der Waals surface area (Å²) in [5.74, 6) is 0.840. The topological polar surface area (TPSA) is 85.1 Å².